The van der Waals surface area contributed by atoms with Crippen LogP contribution < -0.4 is 0 Å². The van der Waals surface area contributed by atoms with Crippen molar-refractivity contribution < 1.29 is 9.90 Å². The van der Waals surface area contributed by atoms with Crippen LogP contribution in [-0.2, 0) is 4.79 Å². The van der Waals surface area contributed by atoms with E-state index in [0.29, 0.717) is 0 Å². The summed E-state index contributed by atoms with van der Waals surface area (Å²) in [5.41, 5.74) is 3.34. The van der Waals surface area contributed by atoms with Crippen molar-refractivity contribution in [2.75, 3.05) is 0 Å². The summed E-state index contributed by atoms with van der Waals surface area (Å²) in [4.78, 5) is 10.6. The minimum atomic E-state index is -0.861. The molecule has 0 saturated carbocycles. The summed E-state index contributed by atoms with van der Waals surface area (Å²) in [6, 6.07) is 10.1. The molecule has 1 aromatic rings. The summed E-state index contributed by atoms with van der Waals surface area (Å²) in [5.74, 6) is -0.861. The second-order valence-electron chi connectivity index (χ2n) is 3.95. The third-order valence-corrected chi connectivity index (χ3v) is 2.72. The molecule has 1 aliphatic rings. The fraction of sp³-hybridized carbons (Fsp3) is 0.214. The van der Waals surface area contributed by atoms with E-state index in [9.17, 15) is 4.79 Å². The molecule has 16 heavy (non-hydrogen) atoms. The predicted octanol–water partition coefficient (Wildman–Crippen LogP) is 3.26. The maximum absolute atomic E-state index is 10.6. The SMILES string of the molecule is O=C(O)C=C1C=C(c2ccccc2)CCC1. The summed E-state index contributed by atoms with van der Waals surface area (Å²) >= 11 is 0. The van der Waals surface area contributed by atoms with E-state index in [4.69, 9.17) is 5.11 Å². The van der Waals surface area contributed by atoms with Gasteiger partial charge in [0.1, 0.15) is 0 Å². The molecule has 0 spiro atoms. The van der Waals surface area contributed by atoms with Crippen LogP contribution in [0.4, 0.5) is 0 Å². The van der Waals surface area contributed by atoms with Gasteiger partial charge in [-0.25, -0.2) is 4.79 Å². The fourth-order valence-corrected chi connectivity index (χ4v) is 2.00. The van der Waals surface area contributed by atoms with Crippen LogP contribution in [0.2, 0.25) is 0 Å². The van der Waals surface area contributed by atoms with Crippen molar-refractivity contribution in [2.45, 2.75) is 19.3 Å². The Hall–Kier alpha value is -1.83. The number of hydrogen-bond acceptors (Lipinski definition) is 1. The summed E-state index contributed by atoms with van der Waals surface area (Å²) in [6.07, 6.45) is 6.23. The molecular formula is C14H14O2. The molecule has 0 bridgehead atoms. The number of carbonyl (C=O) groups is 1. The molecule has 0 unspecified atom stereocenters. The van der Waals surface area contributed by atoms with Crippen molar-refractivity contribution in [3.63, 3.8) is 0 Å². The maximum Gasteiger partial charge on any atom is 0.328 e. The van der Waals surface area contributed by atoms with Gasteiger partial charge in [-0.05, 0) is 36.0 Å². The zero-order chi connectivity index (χ0) is 11.4. The van der Waals surface area contributed by atoms with Crippen LogP contribution >= 0.6 is 0 Å². The highest BCUT2D eigenvalue weighted by atomic mass is 16.4. The zero-order valence-corrected chi connectivity index (χ0v) is 9.02. The largest absolute Gasteiger partial charge is 0.478 e. The maximum atomic E-state index is 10.6. The van der Waals surface area contributed by atoms with Gasteiger partial charge < -0.3 is 5.11 Å². The Morgan fingerprint density at radius 3 is 2.62 bits per heavy atom. The molecule has 0 amide bonds. The third-order valence-electron chi connectivity index (χ3n) is 2.72. The van der Waals surface area contributed by atoms with Crippen LogP contribution in [0.1, 0.15) is 24.8 Å². The van der Waals surface area contributed by atoms with Crippen molar-refractivity contribution in [3.8, 4) is 0 Å². The highest BCUT2D eigenvalue weighted by Gasteiger charge is 2.09. The van der Waals surface area contributed by atoms with E-state index in [0.717, 1.165) is 24.8 Å². The van der Waals surface area contributed by atoms with Crippen molar-refractivity contribution in [1.29, 1.82) is 0 Å². The molecule has 0 aromatic heterocycles. The smallest absolute Gasteiger partial charge is 0.328 e. The van der Waals surface area contributed by atoms with Crippen LogP contribution in [0, 0.1) is 0 Å². The van der Waals surface area contributed by atoms with E-state index in [1.165, 1.54) is 17.2 Å². The van der Waals surface area contributed by atoms with E-state index < -0.39 is 5.97 Å². The van der Waals surface area contributed by atoms with Gasteiger partial charge in [0, 0.05) is 6.08 Å². The van der Waals surface area contributed by atoms with E-state index in [-0.39, 0.29) is 0 Å². The number of carboxylic acids is 1. The minimum Gasteiger partial charge on any atom is -0.478 e. The molecule has 1 N–H and O–H groups in total. The second-order valence-corrected chi connectivity index (χ2v) is 3.95. The molecule has 82 valence electrons. The van der Waals surface area contributed by atoms with E-state index in [2.05, 4.69) is 12.1 Å². The third kappa shape index (κ3) is 2.60. The molecule has 1 aliphatic carbocycles. The number of aliphatic carboxylic acids is 1. The first kappa shape index (κ1) is 10.7. The topological polar surface area (TPSA) is 37.3 Å². The lowest BCUT2D eigenvalue weighted by Gasteiger charge is -2.15. The molecule has 0 saturated heterocycles. The van der Waals surface area contributed by atoms with Crippen LogP contribution in [-0.4, -0.2) is 11.1 Å². The van der Waals surface area contributed by atoms with Crippen molar-refractivity contribution in [1.82, 2.24) is 0 Å². The normalized spacial score (nSPS) is 18.2. The second kappa shape index (κ2) is 4.79. The predicted molar refractivity (Wildman–Crippen MR) is 64.0 cm³/mol. The van der Waals surface area contributed by atoms with Gasteiger partial charge in [0.15, 0.2) is 0 Å². The number of rotatable bonds is 2. The molecule has 0 atom stereocenters. The van der Waals surface area contributed by atoms with Gasteiger partial charge >= 0.3 is 5.97 Å². The number of benzene rings is 1. The Kier molecular flexibility index (Phi) is 3.20. The van der Waals surface area contributed by atoms with Crippen molar-refractivity contribution in [3.05, 3.63) is 53.6 Å². The van der Waals surface area contributed by atoms with E-state index in [1.807, 2.05) is 24.3 Å². The summed E-state index contributed by atoms with van der Waals surface area (Å²) in [6.45, 7) is 0. The standard InChI is InChI=1S/C14H14O2/c15-14(16)10-11-5-4-8-13(9-11)12-6-2-1-3-7-12/h1-3,6-7,9-10H,4-5,8H2,(H,15,16). The van der Waals surface area contributed by atoms with Gasteiger partial charge in [-0.3, -0.25) is 0 Å². The Balaban J connectivity index is 2.29. The van der Waals surface area contributed by atoms with Crippen LogP contribution in [0.15, 0.2) is 48.1 Å². The Morgan fingerprint density at radius 1 is 1.19 bits per heavy atom. The summed E-state index contributed by atoms with van der Waals surface area (Å²) in [7, 11) is 0. The molecule has 2 rings (SSSR count). The summed E-state index contributed by atoms with van der Waals surface area (Å²) in [5, 5.41) is 8.72. The first-order valence-corrected chi connectivity index (χ1v) is 5.45. The molecular weight excluding hydrogens is 200 g/mol. The monoisotopic (exact) mass is 214 g/mol. The number of hydrogen-bond donors (Lipinski definition) is 1. The lowest BCUT2D eigenvalue weighted by atomic mass is 9.90. The van der Waals surface area contributed by atoms with E-state index in [1.54, 1.807) is 0 Å². The highest BCUT2D eigenvalue weighted by molar-refractivity contribution is 5.82. The van der Waals surface area contributed by atoms with E-state index >= 15 is 0 Å². The Morgan fingerprint density at radius 2 is 1.94 bits per heavy atom. The summed E-state index contributed by atoms with van der Waals surface area (Å²) < 4.78 is 0. The fourth-order valence-electron chi connectivity index (χ4n) is 2.00. The molecule has 1 aromatic carbocycles. The zero-order valence-electron chi connectivity index (χ0n) is 9.02. The van der Waals surface area contributed by atoms with Crippen molar-refractivity contribution >= 4 is 11.5 Å². The van der Waals surface area contributed by atoms with Gasteiger partial charge in [-0.15, -0.1) is 0 Å². The molecule has 0 radical (unpaired) electrons. The Bertz CT molecular complexity index is 441. The average molecular weight is 214 g/mol. The molecule has 0 heterocycles. The molecule has 2 nitrogen and oxygen atoms in total. The first-order chi connectivity index (χ1) is 7.75. The lowest BCUT2D eigenvalue weighted by molar-refractivity contribution is -0.131. The van der Waals surface area contributed by atoms with Gasteiger partial charge in [-0.2, -0.15) is 0 Å². The van der Waals surface area contributed by atoms with Gasteiger partial charge in [0.2, 0.25) is 0 Å². The molecule has 0 aliphatic heterocycles. The molecule has 0 fully saturated rings. The lowest BCUT2D eigenvalue weighted by Crippen LogP contribution is -1.97. The van der Waals surface area contributed by atoms with Crippen LogP contribution in [0.5, 0.6) is 0 Å². The average Bonchev–Trinajstić information content (AvgIpc) is 2.30. The van der Waals surface area contributed by atoms with Crippen LogP contribution in [0.3, 0.4) is 0 Å². The molecule has 2 heteroatoms. The number of allylic oxidation sites excluding steroid dienone is 3. The van der Waals surface area contributed by atoms with Gasteiger partial charge in [-0.1, -0.05) is 36.4 Å². The quantitative estimate of drug-likeness (QED) is 0.767. The highest BCUT2D eigenvalue weighted by Crippen LogP contribution is 2.29. The minimum absolute atomic E-state index is 0.861. The van der Waals surface area contributed by atoms with Crippen LogP contribution in [0.25, 0.3) is 5.57 Å². The first-order valence-electron chi connectivity index (χ1n) is 5.45. The van der Waals surface area contributed by atoms with Gasteiger partial charge in [0.25, 0.3) is 0 Å². The van der Waals surface area contributed by atoms with Crippen molar-refractivity contribution in [2.24, 2.45) is 0 Å². The Labute approximate surface area is 94.9 Å². The number of carboxylic acid groups (broad SMARTS) is 1. The van der Waals surface area contributed by atoms with Gasteiger partial charge in [0.05, 0.1) is 0 Å².